The maximum absolute atomic E-state index is 11.9. The third-order valence-electron chi connectivity index (χ3n) is 3.43. The van der Waals surface area contributed by atoms with Gasteiger partial charge in [-0.1, -0.05) is 45.4 Å². The zero-order valence-corrected chi connectivity index (χ0v) is 13.0. The zero-order valence-electron chi connectivity index (χ0n) is 13.0. The highest BCUT2D eigenvalue weighted by atomic mass is 16.6. The molecule has 1 rings (SSSR count). The Morgan fingerprint density at radius 3 is 2.50 bits per heavy atom. The molecule has 0 amide bonds. The molecule has 2 unspecified atom stereocenters. The molecule has 112 valence electrons. The van der Waals surface area contributed by atoms with Gasteiger partial charge in [-0.2, -0.15) is 0 Å². The number of benzene rings is 1. The van der Waals surface area contributed by atoms with Gasteiger partial charge in [-0.25, -0.2) is 4.79 Å². The third kappa shape index (κ3) is 4.55. The summed E-state index contributed by atoms with van der Waals surface area (Å²) in [5.41, 5.74) is 1.15. The normalized spacial score (nSPS) is 13.6. The fraction of sp³-hybridized carbons (Fsp3) is 0.588. The van der Waals surface area contributed by atoms with E-state index in [1.807, 2.05) is 32.0 Å². The predicted octanol–water partition coefficient (Wildman–Crippen LogP) is 4.31. The Balaban J connectivity index is 2.90. The predicted molar refractivity (Wildman–Crippen MR) is 81.1 cm³/mol. The van der Waals surface area contributed by atoms with Gasteiger partial charge in [0.05, 0.1) is 6.61 Å². The number of esters is 1. The summed E-state index contributed by atoms with van der Waals surface area (Å²) in [5, 5.41) is 0. The average molecular weight is 278 g/mol. The molecule has 0 aliphatic heterocycles. The van der Waals surface area contributed by atoms with Crippen LogP contribution in [0.25, 0.3) is 0 Å². The van der Waals surface area contributed by atoms with Crippen molar-refractivity contribution in [1.29, 1.82) is 0 Å². The molecule has 2 atom stereocenters. The largest absolute Gasteiger partial charge is 0.478 e. The second-order valence-corrected chi connectivity index (χ2v) is 4.99. The molecule has 0 radical (unpaired) electrons. The fourth-order valence-corrected chi connectivity index (χ4v) is 2.09. The smallest absolute Gasteiger partial charge is 0.347 e. The lowest BCUT2D eigenvalue weighted by Gasteiger charge is -2.21. The lowest BCUT2D eigenvalue weighted by molar-refractivity contribution is -0.151. The second kappa shape index (κ2) is 8.62. The van der Waals surface area contributed by atoms with Crippen LogP contribution in [0.1, 0.15) is 58.4 Å². The summed E-state index contributed by atoms with van der Waals surface area (Å²) in [6, 6.07) is 7.95. The van der Waals surface area contributed by atoms with Crippen molar-refractivity contribution in [3.8, 4) is 5.75 Å². The highest BCUT2D eigenvalue weighted by Gasteiger charge is 2.22. The van der Waals surface area contributed by atoms with Gasteiger partial charge in [0.15, 0.2) is 6.10 Å². The van der Waals surface area contributed by atoms with Crippen LogP contribution in [0.15, 0.2) is 24.3 Å². The highest BCUT2D eigenvalue weighted by molar-refractivity contribution is 5.75. The van der Waals surface area contributed by atoms with E-state index in [4.69, 9.17) is 9.47 Å². The Kier molecular flexibility index (Phi) is 7.13. The van der Waals surface area contributed by atoms with E-state index in [0.29, 0.717) is 18.9 Å². The van der Waals surface area contributed by atoms with Crippen molar-refractivity contribution in [3.63, 3.8) is 0 Å². The number of carbonyl (C=O) groups excluding carboxylic acids is 1. The van der Waals surface area contributed by atoms with Crippen LogP contribution in [-0.2, 0) is 9.53 Å². The topological polar surface area (TPSA) is 35.5 Å². The Labute approximate surface area is 122 Å². The van der Waals surface area contributed by atoms with E-state index in [1.165, 1.54) is 0 Å². The molecular formula is C17H26O3. The van der Waals surface area contributed by atoms with Gasteiger partial charge in [0.1, 0.15) is 5.75 Å². The Morgan fingerprint density at radius 2 is 1.90 bits per heavy atom. The Hall–Kier alpha value is -1.51. The van der Waals surface area contributed by atoms with E-state index in [1.54, 1.807) is 0 Å². The monoisotopic (exact) mass is 278 g/mol. The third-order valence-corrected chi connectivity index (χ3v) is 3.43. The van der Waals surface area contributed by atoms with Crippen LogP contribution in [0.2, 0.25) is 0 Å². The minimum absolute atomic E-state index is 0.270. The van der Waals surface area contributed by atoms with Crippen LogP contribution in [0.5, 0.6) is 5.75 Å². The van der Waals surface area contributed by atoms with E-state index >= 15 is 0 Å². The number of carbonyl (C=O) groups is 1. The van der Waals surface area contributed by atoms with Crippen molar-refractivity contribution in [2.75, 3.05) is 6.61 Å². The Bertz CT molecular complexity index is 414. The summed E-state index contributed by atoms with van der Waals surface area (Å²) in [7, 11) is 0. The van der Waals surface area contributed by atoms with Crippen LogP contribution in [0.4, 0.5) is 0 Å². The van der Waals surface area contributed by atoms with Gasteiger partial charge in [0.2, 0.25) is 0 Å². The number of para-hydroxylation sites is 1. The van der Waals surface area contributed by atoms with E-state index in [9.17, 15) is 4.79 Å². The molecule has 1 aromatic rings. The standard InChI is InChI=1S/C17H26O3/c1-5-10-16(17(18)19-7-3)20-15-12-9-8-11-14(15)13(4)6-2/h8-9,11-13,16H,5-7,10H2,1-4H3. The molecule has 0 aromatic heterocycles. The molecule has 0 aliphatic carbocycles. The number of hydrogen-bond donors (Lipinski definition) is 0. The van der Waals surface area contributed by atoms with Gasteiger partial charge in [-0.15, -0.1) is 0 Å². The SMILES string of the molecule is CCCC(Oc1ccccc1C(C)CC)C(=O)OCC. The van der Waals surface area contributed by atoms with Crippen LogP contribution in [0, 0.1) is 0 Å². The molecule has 0 saturated carbocycles. The molecule has 0 aliphatic rings. The fourth-order valence-electron chi connectivity index (χ4n) is 2.09. The highest BCUT2D eigenvalue weighted by Crippen LogP contribution is 2.29. The summed E-state index contributed by atoms with van der Waals surface area (Å²) in [6.07, 6.45) is 2.09. The quantitative estimate of drug-likeness (QED) is 0.665. The van der Waals surface area contributed by atoms with Crippen LogP contribution >= 0.6 is 0 Å². The molecule has 0 saturated heterocycles. The van der Waals surface area contributed by atoms with Gasteiger partial charge in [0, 0.05) is 0 Å². The van der Waals surface area contributed by atoms with Crippen molar-refractivity contribution in [2.24, 2.45) is 0 Å². The minimum atomic E-state index is -0.509. The lowest BCUT2D eigenvalue weighted by atomic mass is 9.98. The van der Waals surface area contributed by atoms with Gasteiger partial charge in [0.25, 0.3) is 0 Å². The van der Waals surface area contributed by atoms with Crippen LogP contribution < -0.4 is 4.74 Å². The summed E-state index contributed by atoms with van der Waals surface area (Å²) < 4.78 is 11.0. The first-order chi connectivity index (χ1) is 9.63. The molecule has 1 aromatic carbocycles. The molecule has 3 nitrogen and oxygen atoms in total. The molecule has 3 heteroatoms. The van der Waals surface area contributed by atoms with Crippen molar-refractivity contribution in [1.82, 2.24) is 0 Å². The number of ether oxygens (including phenoxy) is 2. The van der Waals surface area contributed by atoms with E-state index in [-0.39, 0.29) is 5.97 Å². The maximum atomic E-state index is 11.9. The summed E-state index contributed by atoms with van der Waals surface area (Å²) in [4.78, 5) is 11.9. The first kappa shape index (κ1) is 16.5. The van der Waals surface area contributed by atoms with Crippen molar-refractivity contribution >= 4 is 5.97 Å². The van der Waals surface area contributed by atoms with Crippen molar-refractivity contribution in [3.05, 3.63) is 29.8 Å². The number of hydrogen-bond acceptors (Lipinski definition) is 3. The summed E-state index contributed by atoms with van der Waals surface area (Å²) >= 11 is 0. The van der Waals surface area contributed by atoms with Gasteiger partial charge in [-0.3, -0.25) is 0 Å². The van der Waals surface area contributed by atoms with E-state index in [2.05, 4.69) is 19.9 Å². The lowest BCUT2D eigenvalue weighted by Crippen LogP contribution is -2.29. The zero-order chi connectivity index (χ0) is 15.0. The maximum Gasteiger partial charge on any atom is 0.347 e. The van der Waals surface area contributed by atoms with E-state index < -0.39 is 6.10 Å². The first-order valence-electron chi connectivity index (χ1n) is 7.56. The van der Waals surface area contributed by atoms with Crippen molar-refractivity contribution < 1.29 is 14.3 Å². The Morgan fingerprint density at radius 1 is 1.20 bits per heavy atom. The molecule has 0 spiro atoms. The summed E-state index contributed by atoms with van der Waals surface area (Å²) in [5.74, 6) is 0.942. The van der Waals surface area contributed by atoms with Gasteiger partial charge in [-0.05, 0) is 37.3 Å². The molecule has 0 fully saturated rings. The van der Waals surface area contributed by atoms with E-state index in [0.717, 1.165) is 24.2 Å². The summed E-state index contributed by atoms with van der Waals surface area (Å²) in [6.45, 7) is 8.55. The van der Waals surface area contributed by atoms with Gasteiger partial charge < -0.3 is 9.47 Å². The van der Waals surface area contributed by atoms with Crippen LogP contribution in [0.3, 0.4) is 0 Å². The molecule has 0 bridgehead atoms. The van der Waals surface area contributed by atoms with Crippen LogP contribution in [-0.4, -0.2) is 18.7 Å². The molecule has 20 heavy (non-hydrogen) atoms. The molecule has 0 heterocycles. The van der Waals surface area contributed by atoms with Crippen molar-refractivity contribution in [2.45, 2.75) is 59.0 Å². The van der Waals surface area contributed by atoms with Gasteiger partial charge >= 0.3 is 5.97 Å². The second-order valence-electron chi connectivity index (χ2n) is 4.99. The molecule has 0 N–H and O–H groups in total. The molecular weight excluding hydrogens is 252 g/mol. The average Bonchev–Trinajstić information content (AvgIpc) is 2.46. The first-order valence-corrected chi connectivity index (χ1v) is 7.56. The minimum Gasteiger partial charge on any atom is -0.478 e. The number of rotatable bonds is 8.